The van der Waals surface area contributed by atoms with Crippen LogP contribution in [0.2, 0.25) is 0 Å². The smallest absolute Gasteiger partial charge is 0.273 e. The van der Waals surface area contributed by atoms with Gasteiger partial charge in [0.2, 0.25) is 5.91 Å². The molecule has 1 aliphatic heterocycles. The molecule has 2 amide bonds. The van der Waals surface area contributed by atoms with E-state index in [0.717, 1.165) is 25.2 Å². The molecule has 0 spiro atoms. The molecule has 2 aromatic heterocycles. The van der Waals surface area contributed by atoms with E-state index in [1.165, 1.54) is 18.3 Å². The minimum Gasteiger partial charge on any atom is -0.335 e. The van der Waals surface area contributed by atoms with Crippen molar-refractivity contribution in [1.29, 1.82) is 0 Å². The summed E-state index contributed by atoms with van der Waals surface area (Å²) in [6, 6.07) is 0.253. The standard InChI is InChI=1S/C15H19N5O2S/c1-10-16-5-7-20(10)12-4-3-6-19(8-12)14(22)13-9-23-15(18-13)17-11(2)21/h5,7,9,12H,3-4,6,8H2,1-2H3,(H,17,18,21)/t12-/m0/s1. The number of aryl methyl sites for hydroxylation is 1. The van der Waals surface area contributed by atoms with Gasteiger partial charge < -0.3 is 14.8 Å². The average molecular weight is 333 g/mol. The van der Waals surface area contributed by atoms with Crippen molar-refractivity contribution in [2.75, 3.05) is 18.4 Å². The number of likely N-dealkylation sites (tertiary alicyclic amines) is 1. The van der Waals surface area contributed by atoms with Crippen LogP contribution in [-0.4, -0.2) is 44.3 Å². The number of thiazole rings is 1. The van der Waals surface area contributed by atoms with Crippen LogP contribution in [0.15, 0.2) is 17.8 Å². The third-order valence-corrected chi connectivity index (χ3v) is 4.70. The number of aromatic nitrogens is 3. The Hall–Kier alpha value is -2.22. The predicted molar refractivity (Wildman–Crippen MR) is 87.6 cm³/mol. The lowest BCUT2D eigenvalue weighted by molar-refractivity contribution is -0.114. The monoisotopic (exact) mass is 333 g/mol. The molecule has 1 N–H and O–H groups in total. The molecule has 8 heteroatoms. The first-order valence-corrected chi connectivity index (χ1v) is 8.44. The number of hydrogen-bond acceptors (Lipinski definition) is 5. The van der Waals surface area contributed by atoms with E-state index in [9.17, 15) is 9.59 Å². The van der Waals surface area contributed by atoms with Gasteiger partial charge in [-0.25, -0.2) is 9.97 Å². The van der Waals surface area contributed by atoms with Gasteiger partial charge in [0.15, 0.2) is 5.13 Å². The lowest BCUT2D eigenvalue weighted by Crippen LogP contribution is -2.41. The third-order valence-electron chi connectivity index (χ3n) is 3.95. The molecule has 0 saturated carbocycles. The summed E-state index contributed by atoms with van der Waals surface area (Å²) in [7, 11) is 0. The van der Waals surface area contributed by atoms with E-state index in [1.807, 2.05) is 18.0 Å². The lowest BCUT2D eigenvalue weighted by Gasteiger charge is -2.33. The summed E-state index contributed by atoms with van der Waals surface area (Å²) in [6.45, 7) is 4.78. The molecular formula is C15H19N5O2S. The van der Waals surface area contributed by atoms with E-state index >= 15 is 0 Å². The van der Waals surface area contributed by atoms with Gasteiger partial charge >= 0.3 is 0 Å². The molecule has 3 rings (SSSR count). The summed E-state index contributed by atoms with van der Waals surface area (Å²) in [5, 5.41) is 4.76. The molecule has 23 heavy (non-hydrogen) atoms. The fraction of sp³-hybridized carbons (Fsp3) is 0.467. The van der Waals surface area contributed by atoms with Crippen molar-refractivity contribution in [3.05, 3.63) is 29.3 Å². The van der Waals surface area contributed by atoms with Crippen LogP contribution >= 0.6 is 11.3 Å². The van der Waals surface area contributed by atoms with Crippen molar-refractivity contribution in [1.82, 2.24) is 19.4 Å². The van der Waals surface area contributed by atoms with Crippen LogP contribution in [0, 0.1) is 6.92 Å². The van der Waals surface area contributed by atoms with Gasteiger partial charge in [-0.1, -0.05) is 0 Å². The van der Waals surface area contributed by atoms with Crippen LogP contribution in [-0.2, 0) is 4.79 Å². The molecule has 0 bridgehead atoms. The first kappa shape index (κ1) is 15.7. The Morgan fingerprint density at radius 2 is 2.26 bits per heavy atom. The van der Waals surface area contributed by atoms with Gasteiger partial charge in [0, 0.05) is 37.8 Å². The number of amides is 2. The number of nitrogens with one attached hydrogen (secondary N) is 1. The van der Waals surface area contributed by atoms with E-state index in [-0.39, 0.29) is 17.9 Å². The summed E-state index contributed by atoms with van der Waals surface area (Å²) in [5.41, 5.74) is 0.391. The van der Waals surface area contributed by atoms with Gasteiger partial charge in [-0.05, 0) is 19.8 Å². The SMILES string of the molecule is CC(=O)Nc1nc(C(=O)N2CCC[C@H](n3ccnc3C)C2)cs1. The highest BCUT2D eigenvalue weighted by Crippen LogP contribution is 2.25. The Morgan fingerprint density at radius 1 is 1.43 bits per heavy atom. The quantitative estimate of drug-likeness (QED) is 0.932. The second-order valence-corrected chi connectivity index (χ2v) is 6.51. The summed E-state index contributed by atoms with van der Waals surface area (Å²) in [5.74, 6) is 0.693. The molecule has 1 fully saturated rings. The minimum atomic E-state index is -0.188. The highest BCUT2D eigenvalue weighted by molar-refractivity contribution is 7.14. The van der Waals surface area contributed by atoms with Gasteiger partial charge in [-0.15, -0.1) is 11.3 Å². The molecule has 0 aromatic carbocycles. The first-order valence-electron chi connectivity index (χ1n) is 7.56. The normalized spacial score (nSPS) is 18.0. The van der Waals surface area contributed by atoms with Crippen molar-refractivity contribution in [2.24, 2.45) is 0 Å². The molecule has 122 valence electrons. The molecule has 0 aliphatic carbocycles. The van der Waals surface area contributed by atoms with Crippen molar-refractivity contribution in [3.8, 4) is 0 Å². The van der Waals surface area contributed by atoms with E-state index in [4.69, 9.17) is 0 Å². The Labute approximate surface area is 138 Å². The molecular weight excluding hydrogens is 314 g/mol. The van der Waals surface area contributed by atoms with Crippen molar-refractivity contribution in [2.45, 2.75) is 32.7 Å². The zero-order valence-corrected chi connectivity index (χ0v) is 14.0. The van der Waals surface area contributed by atoms with Gasteiger partial charge in [0.1, 0.15) is 11.5 Å². The number of carbonyl (C=O) groups excluding carboxylic acids is 2. The van der Waals surface area contributed by atoms with E-state index in [0.29, 0.717) is 17.4 Å². The number of piperidine rings is 1. The highest BCUT2D eigenvalue weighted by atomic mass is 32.1. The number of hydrogen-bond donors (Lipinski definition) is 1. The maximum absolute atomic E-state index is 12.6. The van der Waals surface area contributed by atoms with E-state index < -0.39 is 0 Å². The molecule has 2 aromatic rings. The molecule has 0 unspecified atom stereocenters. The second kappa shape index (κ2) is 6.49. The topological polar surface area (TPSA) is 80.1 Å². The zero-order valence-electron chi connectivity index (χ0n) is 13.2. The summed E-state index contributed by atoms with van der Waals surface area (Å²) < 4.78 is 2.13. The summed E-state index contributed by atoms with van der Waals surface area (Å²) in [6.07, 6.45) is 5.74. The molecule has 1 atom stereocenters. The van der Waals surface area contributed by atoms with E-state index in [2.05, 4.69) is 19.9 Å². The molecule has 0 radical (unpaired) electrons. The van der Waals surface area contributed by atoms with Crippen LogP contribution in [0.25, 0.3) is 0 Å². The number of nitrogens with zero attached hydrogens (tertiary/aromatic N) is 4. The van der Waals surface area contributed by atoms with Gasteiger partial charge in [0.05, 0.1) is 6.04 Å². The maximum atomic E-state index is 12.6. The molecule has 1 saturated heterocycles. The summed E-state index contributed by atoms with van der Waals surface area (Å²) >= 11 is 1.27. The van der Waals surface area contributed by atoms with Gasteiger partial charge in [0.25, 0.3) is 5.91 Å². The zero-order chi connectivity index (χ0) is 16.4. The van der Waals surface area contributed by atoms with Crippen LogP contribution in [0.5, 0.6) is 0 Å². The Kier molecular flexibility index (Phi) is 4.42. The van der Waals surface area contributed by atoms with Crippen molar-refractivity contribution in [3.63, 3.8) is 0 Å². The lowest BCUT2D eigenvalue weighted by atomic mass is 10.1. The molecule has 1 aliphatic rings. The van der Waals surface area contributed by atoms with E-state index in [1.54, 1.807) is 11.6 Å². The Bertz CT molecular complexity index is 723. The maximum Gasteiger partial charge on any atom is 0.273 e. The summed E-state index contributed by atoms with van der Waals surface area (Å²) in [4.78, 5) is 34.0. The minimum absolute atomic E-state index is 0.0830. The average Bonchev–Trinajstić information content (AvgIpc) is 3.15. The van der Waals surface area contributed by atoms with Crippen LogP contribution in [0.4, 0.5) is 5.13 Å². The fourth-order valence-corrected chi connectivity index (χ4v) is 3.61. The predicted octanol–water partition coefficient (Wildman–Crippen LogP) is 2.08. The first-order chi connectivity index (χ1) is 11.0. The van der Waals surface area contributed by atoms with Crippen LogP contribution in [0.3, 0.4) is 0 Å². The fourth-order valence-electron chi connectivity index (χ4n) is 2.88. The molecule has 3 heterocycles. The van der Waals surface area contributed by atoms with Crippen LogP contribution in [0.1, 0.15) is 42.1 Å². The van der Waals surface area contributed by atoms with Gasteiger partial charge in [-0.2, -0.15) is 0 Å². The van der Waals surface area contributed by atoms with Crippen LogP contribution < -0.4 is 5.32 Å². The number of imidazole rings is 1. The largest absolute Gasteiger partial charge is 0.335 e. The molecule has 7 nitrogen and oxygen atoms in total. The van der Waals surface area contributed by atoms with Crippen molar-refractivity contribution >= 4 is 28.3 Å². The number of carbonyl (C=O) groups is 2. The third kappa shape index (κ3) is 3.42. The number of anilines is 1. The van der Waals surface area contributed by atoms with Gasteiger partial charge in [-0.3, -0.25) is 9.59 Å². The second-order valence-electron chi connectivity index (χ2n) is 5.65. The Morgan fingerprint density at radius 3 is 2.96 bits per heavy atom. The highest BCUT2D eigenvalue weighted by Gasteiger charge is 2.27. The van der Waals surface area contributed by atoms with Crippen molar-refractivity contribution < 1.29 is 9.59 Å². The number of rotatable bonds is 3. The Balaban J connectivity index is 1.71.